The van der Waals surface area contributed by atoms with Crippen molar-refractivity contribution in [3.63, 3.8) is 0 Å². The molecule has 0 radical (unpaired) electrons. The van der Waals surface area contributed by atoms with E-state index >= 15 is 0 Å². The number of hydrogen-bond acceptors (Lipinski definition) is 3. The van der Waals surface area contributed by atoms with Crippen LogP contribution in [0.4, 0.5) is 0 Å². The van der Waals surface area contributed by atoms with Crippen molar-refractivity contribution in [3.8, 4) is 11.3 Å². The van der Waals surface area contributed by atoms with E-state index < -0.39 is 5.97 Å². The van der Waals surface area contributed by atoms with Gasteiger partial charge in [0.1, 0.15) is 0 Å². The molecule has 2 N–H and O–H groups in total. The van der Waals surface area contributed by atoms with Gasteiger partial charge in [-0.25, -0.2) is 9.78 Å². The quantitative estimate of drug-likeness (QED) is 0.551. The summed E-state index contributed by atoms with van der Waals surface area (Å²) in [5.74, 6) is -1.05. The van der Waals surface area contributed by atoms with Gasteiger partial charge in [0.05, 0.1) is 17.1 Å². The first-order chi connectivity index (χ1) is 10.6. The van der Waals surface area contributed by atoms with E-state index in [0.29, 0.717) is 12.1 Å². The molecule has 6 heteroatoms. The van der Waals surface area contributed by atoms with Crippen molar-refractivity contribution in [2.75, 3.05) is 0 Å². The number of fused-ring (bicyclic) bond motifs is 5. The maximum absolute atomic E-state index is 12.2. The molecule has 0 saturated heterocycles. The summed E-state index contributed by atoms with van der Waals surface area (Å²) >= 11 is 0. The van der Waals surface area contributed by atoms with Gasteiger partial charge in [-0.3, -0.25) is 9.20 Å². The van der Waals surface area contributed by atoms with Crippen molar-refractivity contribution in [3.05, 3.63) is 63.8 Å². The topological polar surface area (TPSA) is 87.5 Å². The summed E-state index contributed by atoms with van der Waals surface area (Å²) in [6.45, 7) is 0. The molecule has 0 amide bonds. The highest BCUT2D eigenvalue weighted by molar-refractivity contribution is 5.85. The number of nitrogens with one attached hydrogen (secondary N) is 1. The molecule has 3 aromatic rings. The predicted octanol–water partition coefficient (Wildman–Crippen LogP) is 1.69. The summed E-state index contributed by atoms with van der Waals surface area (Å²) in [7, 11) is 0. The summed E-state index contributed by atoms with van der Waals surface area (Å²) in [6, 6.07) is 7.91. The molecular weight excluding hydrogens is 282 g/mol. The highest BCUT2D eigenvalue weighted by Crippen LogP contribution is 2.34. The van der Waals surface area contributed by atoms with E-state index in [1.807, 2.05) is 24.3 Å². The predicted molar refractivity (Wildman–Crippen MR) is 80.7 cm³/mol. The normalized spacial score (nSPS) is 12.7. The number of hydrogen-bond donors (Lipinski definition) is 2. The van der Waals surface area contributed by atoms with Crippen LogP contribution < -0.4 is 5.56 Å². The number of aromatic amines is 1. The smallest absolute Gasteiger partial charge is 0.328 e. The Morgan fingerprint density at radius 1 is 1.36 bits per heavy atom. The van der Waals surface area contributed by atoms with Crippen LogP contribution in [0, 0.1) is 0 Å². The van der Waals surface area contributed by atoms with E-state index in [4.69, 9.17) is 5.11 Å². The van der Waals surface area contributed by atoms with Gasteiger partial charge in [0.15, 0.2) is 0 Å². The molecule has 4 rings (SSSR count). The van der Waals surface area contributed by atoms with Crippen LogP contribution in [0.2, 0.25) is 0 Å². The molecule has 2 heterocycles. The highest BCUT2D eigenvalue weighted by Gasteiger charge is 2.23. The van der Waals surface area contributed by atoms with Gasteiger partial charge in [-0.1, -0.05) is 24.3 Å². The van der Waals surface area contributed by atoms with Crippen LogP contribution in [-0.4, -0.2) is 25.4 Å². The van der Waals surface area contributed by atoms with Gasteiger partial charge in [-0.15, -0.1) is 0 Å². The van der Waals surface area contributed by atoms with Crippen LogP contribution in [0.15, 0.2) is 41.3 Å². The first-order valence-electron chi connectivity index (χ1n) is 6.77. The fraction of sp³-hybridized carbons (Fsp3) is 0.0625. The van der Waals surface area contributed by atoms with Gasteiger partial charge in [-0.05, 0) is 11.6 Å². The second kappa shape index (κ2) is 4.42. The second-order valence-corrected chi connectivity index (χ2v) is 5.14. The number of nitrogens with zero attached hydrogens (tertiary/aromatic N) is 2. The van der Waals surface area contributed by atoms with Crippen molar-refractivity contribution >= 4 is 17.7 Å². The zero-order chi connectivity index (χ0) is 15.3. The first kappa shape index (κ1) is 12.6. The molecule has 0 fully saturated rings. The molecule has 0 atom stereocenters. The maximum Gasteiger partial charge on any atom is 0.328 e. The molecule has 0 aliphatic heterocycles. The van der Waals surface area contributed by atoms with Crippen molar-refractivity contribution in [2.24, 2.45) is 0 Å². The average Bonchev–Trinajstić information content (AvgIpc) is 3.07. The van der Waals surface area contributed by atoms with Gasteiger partial charge >= 0.3 is 5.97 Å². The number of rotatable bonds is 2. The number of imidazole rings is 1. The highest BCUT2D eigenvalue weighted by atomic mass is 16.4. The molecular formula is C16H11N3O3. The average molecular weight is 293 g/mol. The molecule has 1 aliphatic rings. The van der Waals surface area contributed by atoms with E-state index in [9.17, 15) is 9.59 Å². The SMILES string of the molecule is O=C(O)C=Cc1cn2c3c([nH]c(=O)c2n1)-c1ccccc1C3. The molecule has 2 aromatic heterocycles. The molecule has 0 unspecified atom stereocenters. The number of carboxylic acids is 1. The zero-order valence-electron chi connectivity index (χ0n) is 11.4. The number of H-pyrrole nitrogens is 1. The summed E-state index contributed by atoms with van der Waals surface area (Å²) in [5.41, 5.74) is 4.36. The zero-order valence-corrected chi connectivity index (χ0v) is 11.4. The maximum atomic E-state index is 12.2. The van der Waals surface area contributed by atoms with Gasteiger partial charge in [0.25, 0.3) is 5.56 Å². The van der Waals surface area contributed by atoms with Crippen LogP contribution in [0.5, 0.6) is 0 Å². The Bertz CT molecular complexity index is 1010. The lowest BCUT2D eigenvalue weighted by atomic mass is 10.1. The third kappa shape index (κ3) is 1.77. The summed E-state index contributed by atoms with van der Waals surface area (Å²) in [6.07, 6.45) is 4.78. The van der Waals surface area contributed by atoms with E-state index in [1.54, 1.807) is 10.6 Å². The Hall–Kier alpha value is -3.15. The number of carboxylic acid groups (broad SMARTS) is 1. The molecule has 0 saturated carbocycles. The molecule has 1 aromatic carbocycles. The largest absolute Gasteiger partial charge is 0.478 e. The molecule has 0 bridgehead atoms. The lowest BCUT2D eigenvalue weighted by Crippen LogP contribution is -2.13. The summed E-state index contributed by atoms with van der Waals surface area (Å²) in [4.78, 5) is 29.9. The van der Waals surface area contributed by atoms with E-state index in [2.05, 4.69) is 9.97 Å². The Balaban J connectivity index is 1.96. The second-order valence-electron chi connectivity index (χ2n) is 5.14. The van der Waals surface area contributed by atoms with Crippen molar-refractivity contribution in [1.29, 1.82) is 0 Å². The number of benzene rings is 1. The number of carbonyl (C=O) groups is 1. The first-order valence-corrected chi connectivity index (χ1v) is 6.77. The van der Waals surface area contributed by atoms with Gasteiger partial charge in [-0.2, -0.15) is 0 Å². The standard InChI is InChI=1S/C16H11N3O3/c20-13(21)6-5-10-8-19-12-7-9-3-1-2-4-11(9)14(12)18-16(22)15(19)17-10/h1-6,8H,7H2,(H,18,22)(H,20,21). The Kier molecular flexibility index (Phi) is 2.53. The minimum atomic E-state index is -1.05. The number of aromatic nitrogens is 3. The molecule has 108 valence electrons. The monoisotopic (exact) mass is 293 g/mol. The summed E-state index contributed by atoms with van der Waals surface area (Å²) < 4.78 is 1.75. The van der Waals surface area contributed by atoms with Crippen LogP contribution in [0.1, 0.15) is 17.0 Å². The van der Waals surface area contributed by atoms with E-state index in [0.717, 1.165) is 28.6 Å². The summed E-state index contributed by atoms with van der Waals surface area (Å²) in [5, 5.41) is 8.69. The molecule has 1 aliphatic carbocycles. The Morgan fingerprint density at radius 3 is 3.00 bits per heavy atom. The van der Waals surface area contributed by atoms with E-state index in [1.165, 1.54) is 6.08 Å². The number of aliphatic carboxylic acids is 1. The fourth-order valence-electron chi connectivity index (χ4n) is 2.86. The van der Waals surface area contributed by atoms with Crippen LogP contribution in [0.3, 0.4) is 0 Å². The fourth-order valence-corrected chi connectivity index (χ4v) is 2.86. The lowest BCUT2D eigenvalue weighted by Gasteiger charge is -2.02. The minimum absolute atomic E-state index is 0.275. The van der Waals surface area contributed by atoms with Crippen molar-refractivity contribution in [1.82, 2.24) is 14.4 Å². The lowest BCUT2D eigenvalue weighted by molar-refractivity contribution is -0.131. The third-order valence-corrected chi connectivity index (χ3v) is 3.79. The third-order valence-electron chi connectivity index (χ3n) is 3.79. The van der Waals surface area contributed by atoms with E-state index in [-0.39, 0.29) is 11.2 Å². The van der Waals surface area contributed by atoms with Gasteiger partial charge < -0.3 is 10.1 Å². The molecule has 0 spiro atoms. The van der Waals surface area contributed by atoms with Crippen molar-refractivity contribution < 1.29 is 9.90 Å². The van der Waals surface area contributed by atoms with Crippen LogP contribution in [-0.2, 0) is 11.2 Å². The Labute approximate surface area is 124 Å². The van der Waals surface area contributed by atoms with Gasteiger partial charge in [0.2, 0.25) is 5.65 Å². The van der Waals surface area contributed by atoms with Gasteiger partial charge in [0, 0.05) is 24.3 Å². The molecule has 22 heavy (non-hydrogen) atoms. The van der Waals surface area contributed by atoms with Crippen molar-refractivity contribution in [2.45, 2.75) is 6.42 Å². The Morgan fingerprint density at radius 2 is 2.18 bits per heavy atom. The van der Waals surface area contributed by atoms with Crippen LogP contribution >= 0.6 is 0 Å². The molecule has 6 nitrogen and oxygen atoms in total. The van der Waals surface area contributed by atoms with Crippen LogP contribution in [0.25, 0.3) is 23.0 Å². The minimum Gasteiger partial charge on any atom is -0.478 e.